The Morgan fingerprint density at radius 2 is 1.83 bits per heavy atom. The highest BCUT2D eigenvalue weighted by atomic mass is 19.4. The molecular formula is C22H23F3N2O2. The van der Waals surface area contributed by atoms with Gasteiger partial charge in [0.15, 0.2) is 0 Å². The summed E-state index contributed by atoms with van der Waals surface area (Å²) in [6.45, 7) is 0.705. The normalized spacial score (nSPS) is 18.2. The molecule has 7 heteroatoms. The molecule has 0 saturated heterocycles. The first-order chi connectivity index (χ1) is 13.8. The summed E-state index contributed by atoms with van der Waals surface area (Å²) in [4.78, 5) is 26.1. The van der Waals surface area contributed by atoms with Crippen LogP contribution in [0.15, 0.2) is 54.6 Å². The van der Waals surface area contributed by atoms with Gasteiger partial charge in [0.2, 0.25) is 11.8 Å². The van der Waals surface area contributed by atoms with Gasteiger partial charge in [0.1, 0.15) is 0 Å². The molecule has 2 atom stereocenters. The molecule has 2 amide bonds. The molecule has 0 heterocycles. The van der Waals surface area contributed by atoms with Crippen molar-refractivity contribution in [3.05, 3.63) is 71.3 Å². The van der Waals surface area contributed by atoms with Crippen molar-refractivity contribution in [2.45, 2.75) is 31.5 Å². The lowest BCUT2D eigenvalue weighted by atomic mass is 10.1. The average molecular weight is 404 g/mol. The molecule has 2 unspecified atom stereocenters. The third-order valence-electron chi connectivity index (χ3n) is 5.10. The van der Waals surface area contributed by atoms with Gasteiger partial charge in [0, 0.05) is 32.5 Å². The van der Waals surface area contributed by atoms with E-state index >= 15 is 0 Å². The summed E-state index contributed by atoms with van der Waals surface area (Å²) in [6, 6.07) is 14.7. The molecule has 1 N–H and O–H groups in total. The summed E-state index contributed by atoms with van der Waals surface area (Å²) in [5.41, 5.74) is 0.848. The number of carbonyl (C=O) groups is 2. The summed E-state index contributed by atoms with van der Waals surface area (Å²) < 4.78 is 38.5. The van der Waals surface area contributed by atoms with Crippen LogP contribution in [0.2, 0.25) is 0 Å². The van der Waals surface area contributed by atoms with Gasteiger partial charge < -0.3 is 10.2 Å². The van der Waals surface area contributed by atoms with E-state index < -0.39 is 11.7 Å². The van der Waals surface area contributed by atoms with Crippen LogP contribution in [0.4, 0.5) is 13.2 Å². The van der Waals surface area contributed by atoms with Crippen molar-refractivity contribution in [1.29, 1.82) is 0 Å². The number of hydrogen-bond acceptors (Lipinski definition) is 2. The first-order valence-electron chi connectivity index (χ1n) is 9.48. The summed E-state index contributed by atoms with van der Waals surface area (Å²) in [5, 5.41) is 2.73. The van der Waals surface area contributed by atoms with Crippen LogP contribution in [0, 0.1) is 5.92 Å². The first kappa shape index (κ1) is 20.9. The van der Waals surface area contributed by atoms with Crippen molar-refractivity contribution in [1.82, 2.24) is 10.2 Å². The Bertz CT molecular complexity index is 868. The zero-order chi connectivity index (χ0) is 21.0. The summed E-state index contributed by atoms with van der Waals surface area (Å²) in [7, 11) is 1.71. The van der Waals surface area contributed by atoms with Crippen molar-refractivity contribution < 1.29 is 22.8 Å². The Kier molecular flexibility index (Phi) is 6.25. The Morgan fingerprint density at radius 1 is 1.10 bits per heavy atom. The quantitative estimate of drug-likeness (QED) is 0.759. The molecule has 1 aliphatic carbocycles. The second-order valence-corrected chi connectivity index (χ2v) is 7.35. The molecule has 0 bridgehead atoms. The maximum Gasteiger partial charge on any atom is 0.416 e. The van der Waals surface area contributed by atoms with Crippen molar-refractivity contribution in [3.63, 3.8) is 0 Å². The summed E-state index contributed by atoms with van der Waals surface area (Å²) in [5.74, 6) is -0.838. The van der Waals surface area contributed by atoms with Crippen LogP contribution in [-0.4, -0.2) is 30.3 Å². The topological polar surface area (TPSA) is 49.4 Å². The Labute approximate surface area is 167 Å². The molecule has 1 saturated carbocycles. The summed E-state index contributed by atoms with van der Waals surface area (Å²) in [6.07, 6.45) is -3.69. The highest BCUT2D eigenvalue weighted by Gasteiger charge is 2.44. The fourth-order valence-corrected chi connectivity index (χ4v) is 3.36. The minimum absolute atomic E-state index is 0.0839. The molecule has 0 aromatic heterocycles. The van der Waals surface area contributed by atoms with E-state index in [2.05, 4.69) is 5.32 Å². The number of rotatable bonds is 7. The van der Waals surface area contributed by atoms with Gasteiger partial charge in [0.05, 0.1) is 5.56 Å². The lowest BCUT2D eigenvalue weighted by Crippen LogP contribution is -2.32. The number of carbonyl (C=O) groups excluding carboxylic acids is 2. The zero-order valence-corrected chi connectivity index (χ0v) is 16.1. The molecule has 154 valence electrons. The number of alkyl halides is 3. The molecule has 1 aliphatic rings. The van der Waals surface area contributed by atoms with Crippen molar-refractivity contribution in [3.8, 4) is 0 Å². The second-order valence-electron chi connectivity index (χ2n) is 7.35. The lowest BCUT2D eigenvalue weighted by Gasteiger charge is -2.17. The predicted octanol–water partition coefficient (Wildman–Crippen LogP) is 3.97. The van der Waals surface area contributed by atoms with E-state index in [-0.39, 0.29) is 36.6 Å². The number of halogens is 3. The van der Waals surface area contributed by atoms with E-state index in [9.17, 15) is 22.8 Å². The van der Waals surface area contributed by atoms with Crippen LogP contribution < -0.4 is 5.32 Å². The number of amides is 2. The smallest absolute Gasteiger partial charge is 0.355 e. The zero-order valence-electron chi connectivity index (χ0n) is 16.1. The monoisotopic (exact) mass is 404 g/mol. The van der Waals surface area contributed by atoms with Gasteiger partial charge in [-0.2, -0.15) is 13.2 Å². The first-order valence-corrected chi connectivity index (χ1v) is 9.48. The average Bonchev–Trinajstić information content (AvgIpc) is 3.49. The van der Waals surface area contributed by atoms with Crippen molar-refractivity contribution >= 4 is 11.8 Å². The molecule has 3 rings (SSSR count). The molecule has 0 aliphatic heterocycles. The van der Waals surface area contributed by atoms with E-state index in [0.717, 1.165) is 17.7 Å². The standard InChI is InChI=1S/C22H23F3N2O2/c1-27(14-15-6-3-2-4-7-15)20(28)10-11-26-21(29)19-13-18(19)16-8-5-9-17(12-16)22(23,24)25/h2-9,12,18-19H,10-11,13-14H2,1H3,(H,26,29). The SMILES string of the molecule is CN(Cc1ccccc1)C(=O)CCNC(=O)C1CC1c1cccc(C(F)(F)F)c1. The largest absolute Gasteiger partial charge is 0.416 e. The van der Waals surface area contributed by atoms with Crippen LogP contribution in [0.1, 0.15) is 35.4 Å². The Hall–Kier alpha value is -2.83. The van der Waals surface area contributed by atoms with Crippen LogP contribution in [0.3, 0.4) is 0 Å². The Morgan fingerprint density at radius 3 is 2.52 bits per heavy atom. The van der Waals surface area contributed by atoms with Crippen molar-refractivity contribution in [2.75, 3.05) is 13.6 Å². The fraction of sp³-hybridized carbons (Fsp3) is 0.364. The van der Waals surface area contributed by atoms with E-state index in [1.54, 1.807) is 18.0 Å². The predicted molar refractivity (Wildman–Crippen MR) is 103 cm³/mol. The van der Waals surface area contributed by atoms with Gasteiger partial charge in [-0.25, -0.2) is 0 Å². The molecular weight excluding hydrogens is 381 g/mol. The van der Waals surface area contributed by atoms with Gasteiger partial charge in [-0.15, -0.1) is 0 Å². The lowest BCUT2D eigenvalue weighted by molar-refractivity contribution is -0.137. The number of hydrogen-bond donors (Lipinski definition) is 1. The van der Waals surface area contributed by atoms with Gasteiger partial charge in [-0.3, -0.25) is 9.59 Å². The molecule has 29 heavy (non-hydrogen) atoms. The molecule has 1 fully saturated rings. The molecule has 0 spiro atoms. The van der Waals surface area contributed by atoms with Gasteiger partial charge in [0.25, 0.3) is 0 Å². The van der Waals surface area contributed by atoms with E-state index in [1.807, 2.05) is 30.3 Å². The van der Waals surface area contributed by atoms with Gasteiger partial charge >= 0.3 is 6.18 Å². The second kappa shape index (κ2) is 8.68. The van der Waals surface area contributed by atoms with E-state index in [1.165, 1.54) is 6.07 Å². The number of benzene rings is 2. The highest BCUT2D eigenvalue weighted by Crippen LogP contribution is 2.48. The minimum atomic E-state index is -4.39. The maximum atomic E-state index is 12.8. The van der Waals surface area contributed by atoms with Crippen LogP contribution in [0.25, 0.3) is 0 Å². The van der Waals surface area contributed by atoms with Gasteiger partial charge in [-0.1, -0.05) is 48.5 Å². The highest BCUT2D eigenvalue weighted by molar-refractivity contribution is 5.83. The van der Waals surface area contributed by atoms with E-state index in [0.29, 0.717) is 18.5 Å². The number of nitrogens with zero attached hydrogens (tertiary/aromatic N) is 1. The Balaban J connectivity index is 1.43. The fourth-order valence-electron chi connectivity index (χ4n) is 3.36. The van der Waals surface area contributed by atoms with Crippen LogP contribution in [0.5, 0.6) is 0 Å². The molecule has 2 aromatic carbocycles. The van der Waals surface area contributed by atoms with Crippen LogP contribution in [-0.2, 0) is 22.3 Å². The van der Waals surface area contributed by atoms with Crippen LogP contribution >= 0.6 is 0 Å². The third kappa shape index (κ3) is 5.59. The van der Waals surface area contributed by atoms with Crippen molar-refractivity contribution in [2.24, 2.45) is 5.92 Å². The van der Waals surface area contributed by atoms with E-state index in [4.69, 9.17) is 0 Å². The maximum absolute atomic E-state index is 12.8. The minimum Gasteiger partial charge on any atom is -0.355 e. The summed E-state index contributed by atoms with van der Waals surface area (Å²) >= 11 is 0. The molecule has 2 aromatic rings. The number of nitrogens with one attached hydrogen (secondary N) is 1. The third-order valence-corrected chi connectivity index (χ3v) is 5.10. The van der Waals surface area contributed by atoms with Gasteiger partial charge in [-0.05, 0) is 29.5 Å². The molecule has 0 radical (unpaired) electrons. The molecule has 4 nitrogen and oxygen atoms in total.